The second-order valence-electron chi connectivity index (χ2n) is 6.72. The van der Waals surface area contributed by atoms with Crippen molar-refractivity contribution in [2.75, 3.05) is 13.7 Å². The second-order valence-corrected chi connectivity index (χ2v) is 9.30. The summed E-state index contributed by atoms with van der Waals surface area (Å²) in [5, 5.41) is 10.8. The molecule has 0 fully saturated rings. The van der Waals surface area contributed by atoms with Crippen molar-refractivity contribution in [2.45, 2.75) is 31.3 Å². The molecule has 0 radical (unpaired) electrons. The van der Waals surface area contributed by atoms with Gasteiger partial charge in [-0.2, -0.15) is 0 Å². The van der Waals surface area contributed by atoms with Crippen LogP contribution < -0.4 is 5.56 Å². The predicted octanol–water partition coefficient (Wildman–Crippen LogP) is 4.45. The zero-order valence-corrected chi connectivity index (χ0v) is 19.1. The molecule has 3 aromatic heterocycles. The molecule has 0 spiro atoms. The van der Waals surface area contributed by atoms with Gasteiger partial charge < -0.3 is 9.72 Å². The number of aryl methyl sites for hydroxylation is 2. The smallest absolute Gasteiger partial charge is 0.259 e. The van der Waals surface area contributed by atoms with Gasteiger partial charge in [-0.3, -0.25) is 9.36 Å². The largest absolute Gasteiger partial charge is 0.383 e. The number of thiophene rings is 1. The summed E-state index contributed by atoms with van der Waals surface area (Å²) in [5.41, 5.74) is 1.82. The van der Waals surface area contributed by atoms with Gasteiger partial charge in [0.25, 0.3) is 5.56 Å². The monoisotopic (exact) mass is 461 g/mol. The molecule has 0 atom stereocenters. The summed E-state index contributed by atoms with van der Waals surface area (Å²) < 4.78 is 7.26. The van der Waals surface area contributed by atoms with Crippen LogP contribution in [0.2, 0.25) is 5.02 Å². The van der Waals surface area contributed by atoms with Crippen molar-refractivity contribution >= 4 is 44.9 Å². The minimum atomic E-state index is -0.0971. The highest BCUT2D eigenvalue weighted by Gasteiger charge is 2.16. The summed E-state index contributed by atoms with van der Waals surface area (Å²) in [7, 11) is 1.66. The maximum absolute atomic E-state index is 12.5. The number of fused-ring (bicyclic) bond motifs is 1. The number of hydrogen-bond acceptors (Lipinski definition) is 7. The predicted molar refractivity (Wildman–Crippen MR) is 122 cm³/mol. The Kier molecular flexibility index (Phi) is 6.24. The number of methoxy groups -OCH3 is 1. The van der Waals surface area contributed by atoms with Gasteiger partial charge >= 0.3 is 0 Å². The quantitative estimate of drug-likeness (QED) is 0.409. The Morgan fingerprint density at radius 2 is 2.00 bits per heavy atom. The Labute approximate surface area is 186 Å². The zero-order valence-electron chi connectivity index (χ0n) is 16.7. The third kappa shape index (κ3) is 4.15. The second kappa shape index (κ2) is 8.89. The fraction of sp³-hybridized carbons (Fsp3) is 0.300. The highest BCUT2D eigenvalue weighted by molar-refractivity contribution is 7.98. The Morgan fingerprint density at radius 3 is 2.73 bits per heavy atom. The van der Waals surface area contributed by atoms with Crippen LogP contribution in [0.3, 0.4) is 0 Å². The van der Waals surface area contributed by atoms with Crippen LogP contribution >= 0.6 is 34.7 Å². The first-order valence-corrected chi connectivity index (χ1v) is 11.5. The summed E-state index contributed by atoms with van der Waals surface area (Å²) in [6, 6.07) is 7.49. The van der Waals surface area contributed by atoms with Crippen LogP contribution in [-0.4, -0.2) is 38.4 Å². The molecule has 7 nitrogen and oxygen atoms in total. The van der Waals surface area contributed by atoms with Crippen molar-refractivity contribution in [1.82, 2.24) is 24.7 Å². The molecule has 0 bridgehead atoms. The fourth-order valence-corrected chi connectivity index (χ4v) is 5.10. The summed E-state index contributed by atoms with van der Waals surface area (Å²) in [5.74, 6) is 1.84. The number of aromatic nitrogens is 5. The van der Waals surface area contributed by atoms with Gasteiger partial charge in [-0.15, -0.1) is 21.5 Å². The van der Waals surface area contributed by atoms with Gasteiger partial charge in [0.05, 0.1) is 24.3 Å². The Balaban J connectivity index is 1.62. The number of halogens is 1. The zero-order chi connectivity index (χ0) is 21.3. The molecule has 0 saturated heterocycles. The summed E-state index contributed by atoms with van der Waals surface area (Å²) in [6.07, 6.45) is 0. The summed E-state index contributed by atoms with van der Waals surface area (Å²) >= 11 is 9.03. The van der Waals surface area contributed by atoms with Crippen molar-refractivity contribution in [3.05, 3.63) is 55.9 Å². The van der Waals surface area contributed by atoms with Gasteiger partial charge in [-0.25, -0.2) is 4.98 Å². The first-order valence-electron chi connectivity index (χ1n) is 9.27. The molecule has 30 heavy (non-hydrogen) atoms. The van der Waals surface area contributed by atoms with Gasteiger partial charge in [0.1, 0.15) is 10.7 Å². The minimum absolute atomic E-state index is 0.0971. The van der Waals surface area contributed by atoms with E-state index in [-0.39, 0.29) is 5.56 Å². The van der Waals surface area contributed by atoms with Gasteiger partial charge in [-0.1, -0.05) is 23.4 Å². The topological polar surface area (TPSA) is 85.7 Å². The number of ether oxygens (including phenoxy) is 1. The van der Waals surface area contributed by atoms with Crippen molar-refractivity contribution in [2.24, 2.45) is 0 Å². The number of rotatable bonds is 7. The molecule has 3 heterocycles. The summed E-state index contributed by atoms with van der Waals surface area (Å²) in [4.78, 5) is 21.9. The highest BCUT2D eigenvalue weighted by Crippen LogP contribution is 2.29. The van der Waals surface area contributed by atoms with Crippen molar-refractivity contribution in [3.8, 4) is 11.4 Å². The molecule has 0 aliphatic carbocycles. The normalized spacial score (nSPS) is 11.5. The van der Waals surface area contributed by atoms with E-state index in [9.17, 15) is 4.79 Å². The van der Waals surface area contributed by atoms with Crippen LogP contribution in [0.5, 0.6) is 0 Å². The Morgan fingerprint density at radius 1 is 1.23 bits per heavy atom. The summed E-state index contributed by atoms with van der Waals surface area (Å²) in [6.45, 7) is 5.10. The maximum Gasteiger partial charge on any atom is 0.259 e. The molecule has 10 heteroatoms. The number of aromatic amines is 1. The van der Waals surface area contributed by atoms with E-state index in [4.69, 9.17) is 16.3 Å². The van der Waals surface area contributed by atoms with E-state index in [1.165, 1.54) is 11.8 Å². The maximum atomic E-state index is 12.5. The molecular formula is C20H20ClN5O2S2. The molecule has 0 saturated carbocycles. The number of thioether (sulfide) groups is 1. The molecule has 0 aliphatic rings. The molecule has 1 aromatic carbocycles. The molecule has 1 N–H and O–H groups in total. The average molecular weight is 462 g/mol. The lowest BCUT2D eigenvalue weighted by molar-refractivity contribution is 0.185. The number of H-pyrrole nitrogens is 1. The van der Waals surface area contributed by atoms with E-state index in [1.54, 1.807) is 18.4 Å². The van der Waals surface area contributed by atoms with E-state index in [0.717, 1.165) is 31.8 Å². The molecule has 156 valence electrons. The van der Waals surface area contributed by atoms with Crippen molar-refractivity contribution in [1.29, 1.82) is 0 Å². The van der Waals surface area contributed by atoms with E-state index in [2.05, 4.69) is 20.2 Å². The Hall–Kier alpha value is -2.20. The lowest BCUT2D eigenvalue weighted by Gasteiger charge is -2.09. The molecular weight excluding hydrogens is 442 g/mol. The first-order chi connectivity index (χ1) is 14.5. The lowest BCUT2D eigenvalue weighted by atomic mass is 10.2. The molecule has 0 unspecified atom stereocenters. The Bertz CT molecular complexity index is 1250. The van der Waals surface area contributed by atoms with E-state index in [0.29, 0.717) is 35.1 Å². The SMILES string of the molecule is COCCn1c(SCc2nc3sc(C)c(C)c3c(=O)[nH]2)nnc1-c1ccc(Cl)cc1. The van der Waals surface area contributed by atoms with Gasteiger partial charge in [-0.05, 0) is 43.7 Å². The van der Waals surface area contributed by atoms with Crippen molar-refractivity contribution in [3.63, 3.8) is 0 Å². The number of nitrogens with zero attached hydrogens (tertiary/aromatic N) is 4. The highest BCUT2D eigenvalue weighted by atomic mass is 35.5. The third-order valence-electron chi connectivity index (χ3n) is 4.76. The molecule has 0 amide bonds. The fourth-order valence-electron chi connectivity index (χ4n) is 3.09. The van der Waals surface area contributed by atoms with E-state index < -0.39 is 0 Å². The first kappa shape index (κ1) is 21.0. The van der Waals surface area contributed by atoms with Gasteiger partial charge in [0.15, 0.2) is 11.0 Å². The molecule has 4 rings (SSSR count). The van der Waals surface area contributed by atoms with Crippen LogP contribution in [0.1, 0.15) is 16.3 Å². The number of nitrogens with one attached hydrogen (secondary N) is 1. The van der Waals surface area contributed by atoms with Crippen LogP contribution in [0.15, 0.2) is 34.2 Å². The lowest BCUT2D eigenvalue weighted by Crippen LogP contribution is -2.11. The number of benzene rings is 1. The van der Waals surface area contributed by atoms with Crippen LogP contribution in [0.4, 0.5) is 0 Å². The third-order valence-corrected chi connectivity index (χ3v) is 7.10. The average Bonchev–Trinajstić information content (AvgIpc) is 3.26. The number of hydrogen-bond donors (Lipinski definition) is 1. The van der Waals surface area contributed by atoms with E-state index >= 15 is 0 Å². The van der Waals surface area contributed by atoms with Gasteiger partial charge in [0, 0.05) is 22.6 Å². The molecule has 4 aromatic rings. The van der Waals surface area contributed by atoms with E-state index in [1.807, 2.05) is 42.7 Å². The minimum Gasteiger partial charge on any atom is -0.383 e. The van der Waals surface area contributed by atoms with Crippen LogP contribution in [0, 0.1) is 13.8 Å². The van der Waals surface area contributed by atoms with Crippen LogP contribution in [0.25, 0.3) is 21.6 Å². The van der Waals surface area contributed by atoms with Gasteiger partial charge in [0.2, 0.25) is 0 Å². The van der Waals surface area contributed by atoms with Crippen LogP contribution in [-0.2, 0) is 17.0 Å². The molecule has 0 aliphatic heterocycles. The standard InChI is InChI=1S/C20H20ClN5O2S2/c1-11-12(2)30-19-16(11)18(27)22-15(23-19)10-29-20-25-24-17(26(20)8-9-28-3)13-4-6-14(21)7-5-13/h4-7H,8-10H2,1-3H3,(H,22,23,27). The van der Waals surface area contributed by atoms with Crippen molar-refractivity contribution < 1.29 is 4.74 Å².